The zero-order chi connectivity index (χ0) is 15.1. The molecule has 1 N–H and O–H groups in total. The highest BCUT2D eigenvalue weighted by molar-refractivity contribution is 6.33. The molecule has 0 aromatic heterocycles. The molecule has 104 valence electrons. The van der Waals surface area contributed by atoms with E-state index in [-0.39, 0.29) is 5.02 Å². The molecule has 0 fully saturated rings. The standard InChI is InChI=1S/C6H3ClN2O4.C6H6O/c7-4-2-1-3-5(8(10)11)6(4)9(12)13;7-6-4-2-1-3-5-6/h1-3H;1-5,7H. The van der Waals surface area contributed by atoms with E-state index in [9.17, 15) is 20.2 Å². The molecule has 7 nitrogen and oxygen atoms in total. The molecule has 0 aliphatic carbocycles. The second kappa shape index (κ2) is 7.05. The van der Waals surface area contributed by atoms with Crippen LogP contribution in [-0.4, -0.2) is 15.0 Å². The minimum atomic E-state index is -0.875. The quantitative estimate of drug-likeness (QED) is 0.673. The molecule has 0 aliphatic heterocycles. The molecule has 2 aromatic carbocycles. The molecule has 0 unspecified atom stereocenters. The maximum atomic E-state index is 10.4. The smallest absolute Gasteiger partial charge is 0.364 e. The summed E-state index contributed by atoms with van der Waals surface area (Å²) in [5, 5.41) is 29.1. The Morgan fingerprint density at radius 2 is 1.50 bits per heavy atom. The number of halogens is 1. The van der Waals surface area contributed by atoms with E-state index in [1.807, 2.05) is 6.07 Å². The molecule has 0 saturated heterocycles. The van der Waals surface area contributed by atoms with Gasteiger partial charge in [0.15, 0.2) is 0 Å². The summed E-state index contributed by atoms with van der Waals surface area (Å²) >= 11 is 5.42. The van der Waals surface area contributed by atoms with Gasteiger partial charge in [-0.3, -0.25) is 20.2 Å². The molecule has 2 aromatic rings. The van der Waals surface area contributed by atoms with Gasteiger partial charge in [-0.15, -0.1) is 0 Å². The van der Waals surface area contributed by atoms with Gasteiger partial charge in [0.2, 0.25) is 0 Å². The lowest BCUT2D eigenvalue weighted by Crippen LogP contribution is -1.96. The van der Waals surface area contributed by atoms with Crippen LogP contribution < -0.4 is 0 Å². The average molecular weight is 297 g/mol. The van der Waals surface area contributed by atoms with Gasteiger partial charge in [0.1, 0.15) is 10.8 Å². The predicted octanol–water partition coefficient (Wildman–Crippen LogP) is 3.55. The summed E-state index contributed by atoms with van der Waals surface area (Å²) in [5.74, 6) is 0.322. The number of nitro benzene ring substituents is 2. The monoisotopic (exact) mass is 296 g/mol. The first-order valence-corrected chi connectivity index (χ1v) is 5.62. The van der Waals surface area contributed by atoms with Crippen LogP contribution >= 0.6 is 11.6 Å². The minimum absolute atomic E-state index is 0.237. The second-order valence-electron chi connectivity index (χ2n) is 3.46. The molecule has 0 aliphatic rings. The lowest BCUT2D eigenvalue weighted by atomic mass is 10.3. The van der Waals surface area contributed by atoms with Gasteiger partial charge in [0.25, 0.3) is 0 Å². The summed E-state index contributed by atoms with van der Waals surface area (Å²) in [6, 6.07) is 12.3. The fourth-order valence-corrected chi connectivity index (χ4v) is 1.50. The van der Waals surface area contributed by atoms with Crippen LogP contribution in [0.25, 0.3) is 0 Å². The third-order valence-electron chi connectivity index (χ3n) is 2.10. The third-order valence-corrected chi connectivity index (χ3v) is 2.41. The third kappa shape index (κ3) is 4.21. The van der Waals surface area contributed by atoms with Crippen molar-refractivity contribution in [1.29, 1.82) is 0 Å². The SMILES string of the molecule is O=[N+]([O-])c1cccc(Cl)c1[N+](=O)[O-].Oc1ccccc1. The summed E-state index contributed by atoms with van der Waals surface area (Å²) in [6.45, 7) is 0. The Balaban J connectivity index is 0.000000240. The Kier molecular flexibility index (Phi) is 5.42. The van der Waals surface area contributed by atoms with Crippen molar-refractivity contribution in [3.05, 3.63) is 73.8 Å². The molecule has 0 atom stereocenters. The van der Waals surface area contributed by atoms with Crippen molar-refractivity contribution >= 4 is 23.0 Å². The molecule has 8 heteroatoms. The van der Waals surface area contributed by atoms with Crippen molar-refractivity contribution in [3.63, 3.8) is 0 Å². The molecule has 0 spiro atoms. The number of phenols is 1. The highest BCUT2D eigenvalue weighted by Crippen LogP contribution is 2.33. The molecular weight excluding hydrogens is 288 g/mol. The van der Waals surface area contributed by atoms with Crippen molar-refractivity contribution < 1.29 is 15.0 Å². The molecule has 0 amide bonds. The predicted molar refractivity (Wildman–Crippen MR) is 72.9 cm³/mol. The summed E-state index contributed by atoms with van der Waals surface area (Å²) in [7, 11) is 0. The summed E-state index contributed by atoms with van der Waals surface area (Å²) in [4.78, 5) is 19.0. The van der Waals surface area contributed by atoms with Crippen molar-refractivity contribution in [2.24, 2.45) is 0 Å². The Morgan fingerprint density at radius 3 is 1.85 bits per heavy atom. The van der Waals surface area contributed by atoms with Gasteiger partial charge in [-0.05, 0) is 18.2 Å². The maximum Gasteiger partial charge on any atom is 0.364 e. The van der Waals surface area contributed by atoms with Crippen molar-refractivity contribution in [2.45, 2.75) is 0 Å². The molecule has 20 heavy (non-hydrogen) atoms. The number of benzene rings is 2. The van der Waals surface area contributed by atoms with Crippen LogP contribution in [0.15, 0.2) is 48.5 Å². The molecule has 2 rings (SSSR count). The van der Waals surface area contributed by atoms with Crippen molar-refractivity contribution in [1.82, 2.24) is 0 Å². The number of nitrogens with zero attached hydrogens (tertiary/aromatic N) is 2. The fourth-order valence-electron chi connectivity index (χ4n) is 1.26. The van der Waals surface area contributed by atoms with Gasteiger partial charge in [0.05, 0.1) is 9.85 Å². The molecular formula is C12H9ClN2O5. The zero-order valence-corrected chi connectivity index (χ0v) is 10.7. The van der Waals surface area contributed by atoms with E-state index < -0.39 is 21.2 Å². The number of phenolic OH excluding ortho intramolecular Hbond substituents is 1. The first-order valence-electron chi connectivity index (χ1n) is 5.24. The van der Waals surface area contributed by atoms with E-state index in [2.05, 4.69) is 0 Å². The number of para-hydroxylation sites is 2. The van der Waals surface area contributed by atoms with Crippen molar-refractivity contribution in [2.75, 3.05) is 0 Å². The lowest BCUT2D eigenvalue weighted by Gasteiger charge is -1.95. The van der Waals surface area contributed by atoms with Crippen LogP contribution in [0.3, 0.4) is 0 Å². The fraction of sp³-hybridized carbons (Fsp3) is 0. The van der Waals surface area contributed by atoms with E-state index in [4.69, 9.17) is 16.7 Å². The molecule has 0 bridgehead atoms. The van der Waals surface area contributed by atoms with Crippen LogP contribution in [0.5, 0.6) is 5.75 Å². The van der Waals surface area contributed by atoms with E-state index in [1.165, 1.54) is 12.1 Å². The van der Waals surface area contributed by atoms with Crippen LogP contribution in [0.4, 0.5) is 11.4 Å². The highest BCUT2D eigenvalue weighted by atomic mass is 35.5. The van der Waals surface area contributed by atoms with Gasteiger partial charge < -0.3 is 5.11 Å². The maximum absolute atomic E-state index is 10.4. The van der Waals surface area contributed by atoms with Crippen molar-refractivity contribution in [3.8, 4) is 5.75 Å². The number of aromatic hydroxyl groups is 1. The highest BCUT2D eigenvalue weighted by Gasteiger charge is 2.26. The number of nitro groups is 2. The Morgan fingerprint density at radius 1 is 0.900 bits per heavy atom. The van der Waals surface area contributed by atoms with E-state index in [0.717, 1.165) is 6.07 Å². The largest absolute Gasteiger partial charge is 0.508 e. The Labute approximate surface area is 118 Å². The van der Waals surface area contributed by atoms with Gasteiger partial charge >= 0.3 is 11.4 Å². The summed E-state index contributed by atoms with van der Waals surface area (Å²) < 4.78 is 0. The zero-order valence-electron chi connectivity index (χ0n) is 9.97. The number of hydrogen-bond acceptors (Lipinski definition) is 5. The first kappa shape index (κ1) is 15.4. The van der Waals surface area contributed by atoms with Crippen LogP contribution in [0.1, 0.15) is 0 Å². The first-order chi connectivity index (χ1) is 9.43. The number of rotatable bonds is 2. The average Bonchev–Trinajstić information content (AvgIpc) is 2.39. The van der Waals surface area contributed by atoms with Crippen LogP contribution in [0.2, 0.25) is 5.02 Å². The summed E-state index contributed by atoms with van der Waals surface area (Å²) in [5.41, 5.74) is -1.27. The second-order valence-corrected chi connectivity index (χ2v) is 3.86. The number of hydrogen-bond donors (Lipinski definition) is 1. The van der Waals surface area contributed by atoms with Gasteiger partial charge in [-0.2, -0.15) is 0 Å². The van der Waals surface area contributed by atoms with Gasteiger partial charge in [0, 0.05) is 6.07 Å². The lowest BCUT2D eigenvalue weighted by molar-refractivity contribution is -0.422. The topological polar surface area (TPSA) is 107 Å². The summed E-state index contributed by atoms with van der Waals surface area (Å²) in [6.07, 6.45) is 0. The van der Waals surface area contributed by atoms with Crippen LogP contribution in [0, 0.1) is 20.2 Å². The molecule has 0 radical (unpaired) electrons. The minimum Gasteiger partial charge on any atom is -0.508 e. The molecule has 0 heterocycles. The van der Waals surface area contributed by atoms with E-state index >= 15 is 0 Å². The van der Waals surface area contributed by atoms with E-state index in [0.29, 0.717) is 5.75 Å². The normalized spacial score (nSPS) is 9.25. The van der Waals surface area contributed by atoms with Gasteiger partial charge in [-0.25, -0.2) is 0 Å². The Hall–Kier alpha value is -2.67. The van der Waals surface area contributed by atoms with E-state index in [1.54, 1.807) is 24.3 Å². The van der Waals surface area contributed by atoms with Gasteiger partial charge in [-0.1, -0.05) is 35.9 Å². The van der Waals surface area contributed by atoms with Crippen LogP contribution in [-0.2, 0) is 0 Å². The molecule has 0 saturated carbocycles. The Bertz CT molecular complexity index is 618.